The van der Waals surface area contributed by atoms with E-state index in [4.69, 9.17) is 25.5 Å². The summed E-state index contributed by atoms with van der Waals surface area (Å²) in [4.78, 5) is 0. The Balaban J connectivity index is 1.58. The van der Waals surface area contributed by atoms with Crippen molar-refractivity contribution in [1.82, 2.24) is 5.32 Å². The molecule has 4 nitrogen and oxygen atoms in total. The van der Waals surface area contributed by atoms with Crippen LogP contribution in [0.2, 0.25) is 5.02 Å². The zero-order chi connectivity index (χ0) is 17.9. The lowest BCUT2D eigenvalue weighted by molar-refractivity contribution is -0.153. The number of halogens is 4. The SMILES string of the molecule is FC(F)(F)c1ccc(COc2ccc(C[C@@H]3CNCCO3)cc2Cl)o1. The maximum absolute atomic E-state index is 12.5. The molecule has 1 aliphatic rings. The topological polar surface area (TPSA) is 43.6 Å². The standard InChI is InChI=1S/C17H17ClF3NO3/c18-14-8-11(7-13-9-22-5-6-23-13)1-3-15(14)24-10-12-2-4-16(25-12)17(19,20)21/h1-4,8,13,22H,5-7,9-10H2/t13-/m1/s1. The Hall–Kier alpha value is -1.70. The van der Waals surface area contributed by atoms with Gasteiger partial charge in [0.1, 0.15) is 18.1 Å². The van der Waals surface area contributed by atoms with Crippen LogP contribution in [0.15, 0.2) is 34.7 Å². The molecule has 0 unspecified atom stereocenters. The van der Waals surface area contributed by atoms with Gasteiger partial charge in [0.05, 0.1) is 17.7 Å². The molecule has 1 fully saturated rings. The molecule has 1 aromatic carbocycles. The van der Waals surface area contributed by atoms with Crippen molar-refractivity contribution in [3.05, 3.63) is 52.4 Å². The zero-order valence-corrected chi connectivity index (χ0v) is 14.0. The van der Waals surface area contributed by atoms with E-state index in [1.807, 2.05) is 6.07 Å². The summed E-state index contributed by atoms with van der Waals surface area (Å²) in [7, 11) is 0. The van der Waals surface area contributed by atoms with Gasteiger partial charge < -0.3 is 19.2 Å². The van der Waals surface area contributed by atoms with Crippen LogP contribution in [0.5, 0.6) is 5.75 Å². The first kappa shape index (κ1) is 18.1. The van der Waals surface area contributed by atoms with E-state index in [-0.39, 0.29) is 18.5 Å². The normalized spacial score (nSPS) is 18.3. The largest absolute Gasteiger partial charge is 0.484 e. The van der Waals surface area contributed by atoms with Gasteiger partial charge >= 0.3 is 6.18 Å². The fraction of sp³-hybridized carbons (Fsp3) is 0.412. The third-order valence-electron chi connectivity index (χ3n) is 3.78. The predicted molar refractivity (Wildman–Crippen MR) is 85.8 cm³/mol. The first-order valence-electron chi connectivity index (χ1n) is 7.81. The van der Waals surface area contributed by atoms with Crippen molar-refractivity contribution in [1.29, 1.82) is 0 Å². The van der Waals surface area contributed by atoms with Crippen LogP contribution in [0.1, 0.15) is 17.1 Å². The number of benzene rings is 1. The van der Waals surface area contributed by atoms with Crippen LogP contribution in [0.4, 0.5) is 13.2 Å². The van der Waals surface area contributed by atoms with Crippen molar-refractivity contribution in [2.75, 3.05) is 19.7 Å². The molecule has 2 heterocycles. The number of alkyl halides is 3. The highest BCUT2D eigenvalue weighted by Crippen LogP contribution is 2.31. The Morgan fingerprint density at radius 2 is 2.08 bits per heavy atom. The Labute approximate surface area is 147 Å². The summed E-state index contributed by atoms with van der Waals surface area (Å²) >= 11 is 6.20. The number of ether oxygens (including phenoxy) is 2. The van der Waals surface area contributed by atoms with Crippen LogP contribution >= 0.6 is 11.6 Å². The third kappa shape index (κ3) is 4.90. The van der Waals surface area contributed by atoms with Gasteiger partial charge in [0.15, 0.2) is 0 Å². The molecule has 0 amide bonds. The molecule has 0 aliphatic carbocycles. The molecule has 1 atom stereocenters. The van der Waals surface area contributed by atoms with Gasteiger partial charge in [0, 0.05) is 13.1 Å². The Morgan fingerprint density at radius 3 is 2.72 bits per heavy atom. The van der Waals surface area contributed by atoms with Crippen molar-refractivity contribution in [2.45, 2.75) is 25.3 Å². The Morgan fingerprint density at radius 1 is 1.24 bits per heavy atom. The molecule has 3 rings (SSSR count). The maximum atomic E-state index is 12.5. The quantitative estimate of drug-likeness (QED) is 0.855. The highest BCUT2D eigenvalue weighted by molar-refractivity contribution is 6.32. The van der Waals surface area contributed by atoms with Crippen LogP contribution in [0.25, 0.3) is 0 Å². The van der Waals surface area contributed by atoms with Gasteiger partial charge in [-0.05, 0) is 36.2 Å². The minimum atomic E-state index is -4.51. The van der Waals surface area contributed by atoms with Crippen LogP contribution in [0, 0.1) is 0 Å². The average molecular weight is 376 g/mol. The molecular formula is C17H17ClF3NO3. The maximum Gasteiger partial charge on any atom is 0.449 e. The molecule has 1 N–H and O–H groups in total. The summed E-state index contributed by atoms with van der Waals surface area (Å²) in [6.07, 6.45) is -3.69. The number of hydrogen-bond acceptors (Lipinski definition) is 4. The van der Waals surface area contributed by atoms with Gasteiger partial charge in [0.25, 0.3) is 0 Å². The molecule has 8 heteroatoms. The molecule has 0 bridgehead atoms. The van der Waals surface area contributed by atoms with Crippen molar-refractivity contribution in [2.24, 2.45) is 0 Å². The lowest BCUT2D eigenvalue weighted by Gasteiger charge is -2.23. The van der Waals surface area contributed by atoms with E-state index >= 15 is 0 Å². The van der Waals surface area contributed by atoms with Crippen LogP contribution < -0.4 is 10.1 Å². The second kappa shape index (κ2) is 7.68. The Kier molecular flexibility index (Phi) is 5.56. The Bertz CT molecular complexity index is 711. The smallest absolute Gasteiger partial charge is 0.449 e. The highest BCUT2D eigenvalue weighted by Gasteiger charge is 2.34. The number of furan rings is 1. The van der Waals surface area contributed by atoms with E-state index in [2.05, 4.69) is 5.32 Å². The molecule has 1 aliphatic heterocycles. The van der Waals surface area contributed by atoms with Crippen molar-refractivity contribution in [3.8, 4) is 5.75 Å². The van der Waals surface area contributed by atoms with Crippen LogP contribution in [-0.2, 0) is 23.9 Å². The summed E-state index contributed by atoms with van der Waals surface area (Å²) < 4.78 is 53.3. The first-order valence-corrected chi connectivity index (χ1v) is 8.19. The number of rotatable bonds is 5. The molecule has 0 spiro atoms. The summed E-state index contributed by atoms with van der Waals surface area (Å²) in [5.41, 5.74) is 1.00. The molecule has 0 saturated carbocycles. The molecule has 25 heavy (non-hydrogen) atoms. The van der Waals surface area contributed by atoms with Gasteiger partial charge in [-0.25, -0.2) is 0 Å². The number of morpholine rings is 1. The summed E-state index contributed by atoms with van der Waals surface area (Å²) in [5.74, 6) is -0.583. The third-order valence-corrected chi connectivity index (χ3v) is 4.07. The second-order valence-electron chi connectivity index (χ2n) is 5.72. The summed E-state index contributed by atoms with van der Waals surface area (Å²) in [5, 5.41) is 3.65. The molecule has 1 aromatic heterocycles. The van der Waals surface area contributed by atoms with Crippen LogP contribution in [0.3, 0.4) is 0 Å². The zero-order valence-electron chi connectivity index (χ0n) is 13.2. The van der Waals surface area contributed by atoms with Gasteiger partial charge in [-0.15, -0.1) is 0 Å². The predicted octanol–water partition coefficient (Wildman–Crippen LogP) is 4.06. The van der Waals surface area contributed by atoms with Crippen molar-refractivity contribution >= 4 is 11.6 Å². The number of nitrogens with one attached hydrogen (secondary N) is 1. The van der Waals surface area contributed by atoms with Crippen molar-refractivity contribution in [3.63, 3.8) is 0 Å². The summed E-state index contributed by atoms with van der Waals surface area (Å²) in [6.45, 7) is 2.19. The summed E-state index contributed by atoms with van der Waals surface area (Å²) in [6, 6.07) is 7.45. The fourth-order valence-corrected chi connectivity index (χ4v) is 2.82. The minimum Gasteiger partial charge on any atom is -0.484 e. The molecule has 2 aromatic rings. The van der Waals surface area contributed by atoms with E-state index in [1.165, 1.54) is 6.07 Å². The molecule has 1 saturated heterocycles. The van der Waals surface area contributed by atoms with E-state index in [1.54, 1.807) is 12.1 Å². The van der Waals surface area contributed by atoms with Gasteiger partial charge in [-0.1, -0.05) is 17.7 Å². The highest BCUT2D eigenvalue weighted by atomic mass is 35.5. The molecule has 0 radical (unpaired) electrons. The van der Waals surface area contributed by atoms with Gasteiger partial charge in [0.2, 0.25) is 5.76 Å². The second-order valence-corrected chi connectivity index (χ2v) is 6.13. The van der Waals surface area contributed by atoms with Crippen molar-refractivity contribution < 1.29 is 27.1 Å². The lowest BCUT2D eigenvalue weighted by Crippen LogP contribution is -2.39. The van der Waals surface area contributed by atoms with E-state index in [0.29, 0.717) is 17.4 Å². The number of hydrogen-bond donors (Lipinski definition) is 1. The van der Waals surface area contributed by atoms with Crippen LogP contribution in [-0.4, -0.2) is 25.8 Å². The fourth-order valence-electron chi connectivity index (χ4n) is 2.56. The minimum absolute atomic E-state index is 0.0779. The van der Waals surface area contributed by atoms with E-state index in [9.17, 15) is 13.2 Å². The average Bonchev–Trinajstić information content (AvgIpc) is 3.04. The first-order chi connectivity index (χ1) is 11.9. The van der Waals surface area contributed by atoms with Gasteiger partial charge in [-0.2, -0.15) is 13.2 Å². The van der Waals surface area contributed by atoms with E-state index in [0.717, 1.165) is 31.1 Å². The lowest BCUT2D eigenvalue weighted by atomic mass is 10.1. The molecule has 136 valence electrons. The van der Waals surface area contributed by atoms with E-state index < -0.39 is 11.9 Å². The van der Waals surface area contributed by atoms with Gasteiger partial charge in [-0.3, -0.25) is 0 Å². The molecular weight excluding hydrogens is 359 g/mol. The monoisotopic (exact) mass is 375 g/mol.